The summed E-state index contributed by atoms with van der Waals surface area (Å²) in [5.41, 5.74) is 2.98. The Labute approximate surface area is 211 Å². The Morgan fingerprint density at radius 1 is 1.06 bits per heavy atom. The van der Waals surface area contributed by atoms with Crippen LogP contribution in [0.2, 0.25) is 5.02 Å². The van der Waals surface area contributed by atoms with Gasteiger partial charge in [-0.3, -0.25) is 14.5 Å². The van der Waals surface area contributed by atoms with Crippen molar-refractivity contribution in [3.63, 3.8) is 0 Å². The molecular formula is C28H32ClN3O3. The molecule has 0 radical (unpaired) electrons. The van der Waals surface area contributed by atoms with Crippen LogP contribution >= 0.6 is 11.6 Å². The van der Waals surface area contributed by atoms with Crippen LogP contribution in [0, 0.1) is 5.92 Å². The van der Waals surface area contributed by atoms with Gasteiger partial charge in [-0.25, -0.2) is 0 Å². The second kappa shape index (κ2) is 11.1. The molecule has 35 heavy (non-hydrogen) atoms. The summed E-state index contributed by atoms with van der Waals surface area (Å²) in [7, 11) is 0. The normalized spacial score (nSPS) is 18.6. The molecule has 1 aliphatic rings. The largest absolute Gasteiger partial charge is 0.464 e. The van der Waals surface area contributed by atoms with Crippen LogP contribution in [-0.4, -0.2) is 46.8 Å². The molecule has 0 spiro atoms. The minimum Gasteiger partial charge on any atom is -0.464 e. The number of benzene rings is 2. The van der Waals surface area contributed by atoms with Gasteiger partial charge in [-0.1, -0.05) is 67.9 Å². The predicted octanol–water partition coefficient (Wildman–Crippen LogP) is 4.97. The molecule has 3 aromatic rings. The van der Waals surface area contributed by atoms with Crippen molar-refractivity contribution in [3.05, 3.63) is 83.1 Å². The van der Waals surface area contributed by atoms with Crippen molar-refractivity contribution in [3.8, 4) is 11.3 Å². The highest BCUT2D eigenvalue weighted by atomic mass is 35.5. The first-order chi connectivity index (χ1) is 16.8. The van der Waals surface area contributed by atoms with Crippen molar-refractivity contribution < 1.29 is 14.0 Å². The van der Waals surface area contributed by atoms with Gasteiger partial charge in [-0.15, -0.1) is 0 Å². The van der Waals surface area contributed by atoms with E-state index in [-0.39, 0.29) is 23.8 Å². The molecule has 1 aliphatic heterocycles. The van der Waals surface area contributed by atoms with Gasteiger partial charge in [0, 0.05) is 48.7 Å². The predicted molar refractivity (Wildman–Crippen MR) is 138 cm³/mol. The molecule has 7 heteroatoms. The lowest BCUT2D eigenvalue weighted by molar-refractivity contribution is -0.150. The zero-order valence-corrected chi connectivity index (χ0v) is 21.2. The lowest BCUT2D eigenvalue weighted by Crippen LogP contribution is -2.64. The summed E-state index contributed by atoms with van der Waals surface area (Å²) >= 11 is 6.38. The number of rotatable bonds is 7. The molecule has 2 unspecified atom stereocenters. The fourth-order valence-electron chi connectivity index (χ4n) is 4.59. The first-order valence-electron chi connectivity index (χ1n) is 12.0. The van der Waals surface area contributed by atoms with Crippen LogP contribution in [0.1, 0.15) is 31.9 Å². The minimum atomic E-state index is -0.571. The number of nitrogens with zero attached hydrogens (tertiary/aromatic N) is 2. The van der Waals surface area contributed by atoms with E-state index in [2.05, 4.69) is 10.2 Å². The number of hydrogen-bond donors (Lipinski definition) is 1. The summed E-state index contributed by atoms with van der Waals surface area (Å²) in [5, 5.41) is 3.76. The molecule has 184 valence electrons. The van der Waals surface area contributed by atoms with E-state index in [0.29, 0.717) is 31.2 Å². The van der Waals surface area contributed by atoms with E-state index in [1.54, 1.807) is 11.2 Å². The van der Waals surface area contributed by atoms with Crippen LogP contribution in [0.15, 0.2) is 71.3 Å². The van der Waals surface area contributed by atoms with Crippen LogP contribution in [-0.2, 0) is 22.7 Å². The maximum absolute atomic E-state index is 13.4. The smallest absolute Gasteiger partial charge is 0.244 e. The van der Waals surface area contributed by atoms with E-state index < -0.39 is 6.04 Å². The second-order valence-corrected chi connectivity index (χ2v) is 9.85. The van der Waals surface area contributed by atoms with E-state index in [9.17, 15) is 9.59 Å². The summed E-state index contributed by atoms with van der Waals surface area (Å²) in [5.74, 6) is 0.470. The molecule has 6 nitrogen and oxygen atoms in total. The molecule has 1 N–H and O–H groups in total. The number of piperazine rings is 1. The van der Waals surface area contributed by atoms with Gasteiger partial charge in [-0.2, -0.15) is 0 Å². The van der Waals surface area contributed by atoms with Gasteiger partial charge in [0.25, 0.3) is 0 Å². The van der Waals surface area contributed by atoms with Crippen LogP contribution in [0.4, 0.5) is 0 Å². The zero-order chi connectivity index (χ0) is 24.9. The van der Waals surface area contributed by atoms with Gasteiger partial charge in [0.05, 0.1) is 6.26 Å². The number of carbonyl (C=O) groups is 2. The third kappa shape index (κ3) is 5.95. The summed E-state index contributed by atoms with van der Waals surface area (Å²) in [6, 6.07) is 18.7. The summed E-state index contributed by atoms with van der Waals surface area (Å²) in [6.45, 7) is 7.91. The first-order valence-corrected chi connectivity index (χ1v) is 12.4. The number of hydrogen-bond acceptors (Lipinski definition) is 4. The van der Waals surface area contributed by atoms with E-state index >= 15 is 0 Å². The molecule has 2 atom stereocenters. The molecule has 1 fully saturated rings. The third-order valence-corrected chi connectivity index (χ3v) is 6.76. The highest BCUT2D eigenvalue weighted by Crippen LogP contribution is 2.24. The Balaban J connectivity index is 1.46. The molecule has 0 saturated carbocycles. The fourth-order valence-corrected chi connectivity index (χ4v) is 4.78. The third-order valence-electron chi connectivity index (χ3n) is 6.39. The molecule has 4 rings (SSSR count). The lowest BCUT2D eigenvalue weighted by Gasteiger charge is -2.45. The van der Waals surface area contributed by atoms with Crippen LogP contribution in [0.3, 0.4) is 0 Å². The zero-order valence-electron chi connectivity index (χ0n) is 20.4. The monoisotopic (exact) mass is 493 g/mol. The van der Waals surface area contributed by atoms with Crippen molar-refractivity contribution in [1.82, 2.24) is 15.1 Å². The number of carbonyl (C=O) groups excluding carboxylic acids is 2. The van der Waals surface area contributed by atoms with E-state index in [1.165, 1.54) is 0 Å². The molecule has 2 amide bonds. The molecule has 2 heterocycles. The van der Waals surface area contributed by atoms with Crippen molar-refractivity contribution in [2.45, 2.75) is 45.9 Å². The van der Waals surface area contributed by atoms with Gasteiger partial charge < -0.3 is 14.6 Å². The Bertz CT molecular complexity index is 1140. The Morgan fingerprint density at radius 2 is 1.80 bits per heavy atom. The number of furan rings is 1. The van der Waals surface area contributed by atoms with Crippen LogP contribution in [0.5, 0.6) is 0 Å². The molecule has 0 bridgehead atoms. The second-order valence-electron chi connectivity index (χ2n) is 9.44. The Hall–Kier alpha value is -3.09. The van der Waals surface area contributed by atoms with E-state index in [4.69, 9.17) is 16.0 Å². The van der Waals surface area contributed by atoms with Crippen LogP contribution in [0.25, 0.3) is 11.3 Å². The number of amides is 2. The van der Waals surface area contributed by atoms with Gasteiger partial charge in [0.2, 0.25) is 11.8 Å². The molecular weight excluding hydrogens is 462 g/mol. The highest BCUT2D eigenvalue weighted by Gasteiger charge is 2.40. The quantitative estimate of drug-likeness (QED) is 0.504. The maximum atomic E-state index is 13.4. The molecule has 1 aromatic heterocycles. The topological polar surface area (TPSA) is 65.8 Å². The van der Waals surface area contributed by atoms with Gasteiger partial charge in [-0.05, 0) is 36.2 Å². The number of halogens is 1. The Kier molecular flexibility index (Phi) is 7.93. The van der Waals surface area contributed by atoms with Gasteiger partial charge >= 0.3 is 0 Å². The number of nitrogens with one attached hydrogen (secondary N) is 1. The average molecular weight is 494 g/mol. The SMILES string of the molecule is CC(C)C(=O)N1C(C)CN(Cc2ccccc2Cl)CC1C(=O)NCc1ccc(-c2ccco2)cc1. The van der Waals surface area contributed by atoms with Crippen LogP contribution < -0.4 is 5.32 Å². The standard InChI is InChI=1S/C28H32ClN3O3/c1-19(2)28(34)32-20(3)16-31(17-23-7-4-5-8-24(23)29)18-25(32)27(33)30-15-21-10-12-22(13-11-21)26-9-6-14-35-26/h4-14,19-20,25H,15-18H2,1-3H3,(H,30,33). The van der Waals surface area contributed by atoms with E-state index in [1.807, 2.05) is 81.4 Å². The van der Waals surface area contributed by atoms with E-state index in [0.717, 1.165) is 22.5 Å². The summed E-state index contributed by atoms with van der Waals surface area (Å²) in [4.78, 5) is 30.4. The fraction of sp³-hybridized carbons (Fsp3) is 0.357. The maximum Gasteiger partial charge on any atom is 0.244 e. The molecule has 2 aromatic carbocycles. The lowest BCUT2D eigenvalue weighted by atomic mass is 10.0. The summed E-state index contributed by atoms with van der Waals surface area (Å²) < 4.78 is 5.44. The van der Waals surface area contributed by atoms with Crippen molar-refractivity contribution in [1.29, 1.82) is 0 Å². The Morgan fingerprint density at radius 3 is 2.46 bits per heavy atom. The average Bonchev–Trinajstić information content (AvgIpc) is 3.38. The van der Waals surface area contributed by atoms with Gasteiger partial charge in [0.1, 0.15) is 11.8 Å². The summed E-state index contributed by atoms with van der Waals surface area (Å²) in [6.07, 6.45) is 1.65. The molecule has 0 aliphatic carbocycles. The minimum absolute atomic E-state index is 0.00200. The first kappa shape index (κ1) is 25.0. The highest BCUT2D eigenvalue weighted by molar-refractivity contribution is 6.31. The van der Waals surface area contributed by atoms with Crippen molar-refractivity contribution in [2.24, 2.45) is 5.92 Å². The molecule has 1 saturated heterocycles. The van der Waals surface area contributed by atoms with Crippen molar-refractivity contribution >= 4 is 23.4 Å². The van der Waals surface area contributed by atoms with Gasteiger partial charge in [0.15, 0.2) is 0 Å². The van der Waals surface area contributed by atoms with Crippen molar-refractivity contribution in [2.75, 3.05) is 13.1 Å².